The first-order chi connectivity index (χ1) is 10.7. The van der Waals surface area contributed by atoms with E-state index in [2.05, 4.69) is 5.32 Å². The molecule has 2 aromatic rings. The summed E-state index contributed by atoms with van der Waals surface area (Å²) in [4.78, 5) is 12.9. The highest BCUT2D eigenvalue weighted by molar-refractivity contribution is 7.12. The van der Waals surface area contributed by atoms with Crippen LogP contribution in [0, 0.1) is 0 Å². The van der Waals surface area contributed by atoms with Crippen LogP contribution in [0.2, 0.25) is 5.02 Å². The minimum atomic E-state index is 0.0286. The summed E-state index contributed by atoms with van der Waals surface area (Å²) < 4.78 is 5.69. The van der Waals surface area contributed by atoms with Gasteiger partial charge in [0.05, 0.1) is 9.90 Å². The third kappa shape index (κ3) is 3.81. The minimum absolute atomic E-state index is 0.0286. The van der Waals surface area contributed by atoms with Crippen LogP contribution in [0.15, 0.2) is 35.7 Å². The normalized spacial score (nSPS) is 15.0. The van der Waals surface area contributed by atoms with Crippen LogP contribution in [0.4, 0.5) is 0 Å². The van der Waals surface area contributed by atoms with E-state index in [-0.39, 0.29) is 5.91 Å². The first kappa shape index (κ1) is 15.4. The van der Waals surface area contributed by atoms with Crippen molar-refractivity contribution in [3.05, 3.63) is 51.2 Å². The molecule has 0 aliphatic heterocycles. The highest BCUT2D eigenvalue weighted by atomic mass is 35.5. The largest absolute Gasteiger partial charge is 0.487 e. The van der Waals surface area contributed by atoms with Crippen molar-refractivity contribution in [3.63, 3.8) is 0 Å². The van der Waals surface area contributed by atoms with Crippen molar-refractivity contribution in [1.29, 1.82) is 0 Å². The van der Waals surface area contributed by atoms with Crippen molar-refractivity contribution in [2.75, 3.05) is 0 Å². The summed E-state index contributed by atoms with van der Waals surface area (Å²) in [7, 11) is 0. The Morgan fingerprint density at radius 3 is 2.86 bits per heavy atom. The maximum Gasteiger partial charge on any atom is 0.261 e. The first-order valence-electron chi connectivity index (χ1n) is 7.48. The van der Waals surface area contributed by atoms with Gasteiger partial charge in [-0.15, -0.1) is 11.3 Å². The number of nitrogens with one attached hydrogen (secondary N) is 1. The van der Waals surface area contributed by atoms with Crippen LogP contribution >= 0.6 is 22.9 Å². The van der Waals surface area contributed by atoms with E-state index in [0.29, 0.717) is 23.4 Å². The molecule has 1 heterocycles. The Balaban J connectivity index is 1.56. The maximum atomic E-state index is 12.2. The fraction of sp³-hybridized carbons (Fsp3) is 0.353. The molecule has 22 heavy (non-hydrogen) atoms. The lowest BCUT2D eigenvalue weighted by Gasteiger charge is -2.10. The van der Waals surface area contributed by atoms with Gasteiger partial charge in [0.25, 0.3) is 5.91 Å². The second kappa shape index (κ2) is 7.16. The van der Waals surface area contributed by atoms with Crippen LogP contribution in [0.5, 0.6) is 5.75 Å². The molecule has 5 heteroatoms. The van der Waals surface area contributed by atoms with Crippen molar-refractivity contribution in [2.24, 2.45) is 0 Å². The monoisotopic (exact) mass is 335 g/mol. The van der Waals surface area contributed by atoms with Gasteiger partial charge in [-0.2, -0.15) is 0 Å². The highest BCUT2D eigenvalue weighted by Gasteiger charge is 2.18. The van der Waals surface area contributed by atoms with Crippen molar-refractivity contribution >= 4 is 28.8 Å². The summed E-state index contributed by atoms with van der Waals surface area (Å²) in [6, 6.07) is 9.62. The van der Waals surface area contributed by atoms with Crippen LogP contribution in [0.1, 0.15) is 40.9 Å². The van der Waals surface area contributed by atoms with Gasteiger partial charge in [-0.05, 0) is 36.4 Å². The van der Waals surface area contributed by atoms with Gasteiger partial charge in [0.15, 0.2) is 0 Å². The Bertz CT molecular complexity index is 650. The number of carbonyl (C=O) groups excluding carboxylic acids is 1. The molecule has 1 saturated carbocycles. The van der Waals surface area contributed by atoms with Crippen LogP contribution < -0.4 is 10.1 Å². The van der Waals surface area contributed by atoms with Gasteiger partial charge in [0, 0.05) is 11.6 Å². The zero-order valence-corrected chi connectivity index (χ0v) is 13.8. The molecule has 0 bridgehead atoms. The molecule has 0 unspecified atom stereocenters. The maximum absolute atomic E-state index is 12.2. The van der Waals surface area contributed by atoms with Crippen molar-refractivity contribution in [1.82, 2.24) is 5.32 Å². The molecule has 3 nitrogen and oxygen atoms in total. The molecular formula is C17H18ClNO2S. The predicted octanol–water partition coefficient (Wildman–Crippen LogP) is 4.65. The average molecular weight is 336 g/mol. The third-order valence-corrected chi connectivity index (χ3v) is 5.09. The summed E-state index contributed by atoms with van der Waals surface area (Å²) in [6.07, 6.45) is 4.62. The second-order valence-corrected chi connectivity index (χ2v) is 6.81. The van der Waals surface area contributed by atoms with Crippen molar-refractivity contribution in [2.45, 2.75) is 38.3 Å². The van der Waals surface area contributed by atoms with Crippen LogP contribution in [-0.2, 0) is 6.61 Å². The van der Waals surface area contributed by atoms with E-state index in [1.165, 1.54) is 24.2 Å². The molecule has 1 aliphatic carbocycles. The quantitative estimate of drug-likeness (QED) is 0.863. The average Bonchev–Trinajstić information content (AvgIpc) is 3.18. The number of ether oxygens (including phenoxy) is 1. The minimum Gasteiger partial charge on any atom is -0.487 e. The highest BCUT2D eigenvalue weighted by Crippen LogP contribution is 2.25. The zero-order chi connectivity index (χ0) is 15.4. The summed E-state index contributed by atoms with van der Waals surface area (Å²) in [5.41, 5.74) is 0.987. The lowest BCUT2D eigenvalue weighted by molar-refractivity contribution is 0.0942. The standard InChI is InChI=1S/C17H18ClNO2S/c18-14-7-3-4-8-15(14)21-10-12-9-16(22-11-12)17(20)19-13-5-1-2-6-13/h3-4,7-9,11,13H,1-2,5-6,10H2,(H,19,20). The van der Waals surface area contributed by atoms with Crippen LogP contribution in [0.3, 0.4) is 0 Å². The lowest BCUT2D eigenvalue weighted by atomic mass is 10.2. The molecule has 0 saturated heterocycles. The molecule has 0 atom stereocenters. The Hall–Kier alpha value is -1.52. The number of thiophene rings is 1. The molecule has 1 N–H and O–H groups in total. The third-order valence-electron chi connectivity index (χ3n) is 3.80. The van der Waals surface area contributed by atoms with E-state index in [4.69, 9.17) is 16.3 Å². The zero-order valence-electron chi connectivity index (χ0n) is 12.2. The van der Waals surface area contributed by atoms with Gasteiger partial charge in [-0.25, -0.2) is 0 Å². The molecule has 1 aliphatic rings. The van der Waals surface area contributed by atoms with Crippen LogP contribution in [0.25, 0.3) is 0 Å². The Morgan fingerprint density at radius 1 is 1.32 bits per heavy atom. The van der Waals surface area contributed by atoms with Crippen LogP contribution in [-0.4, -0.2) is 11.9 Å². The van der Waals surface area contributed by atoms with E-state index < -0.39 is 0 Å². The van der Waals surface area contributed by atoms with E-state index in [1.54, 1.807) is 6.07 Å². The molecule has 0 spiro atoms. The summed E-state index contributed by atoms with van der Waals surface area (Å²) in [5, 5.41) is 5.65. The molecular weight excluding hydrogens is 318 g/mol. The first-order valence-corrected chi connectivity index (χ1v) is 8.74. The Labute approximate surface area is 139 Å². The molecule has 1 amide bonds. The van der Waals surface area contributed by atoms with Crippen molar-refractivity contribution < 1.29 is 9.53 Å². The van der Waals surface area contributed by atoms with E-state index >= 15 is 0 Å². The van der Waals surface area contributed by atoms with Gasteiger partial charge < -0.3 is 10.1 Å². The Morgan fingerprint density at radius 2 is 2.09 bits per heavy atom. The number of benzene rings is 1. The number of hydrogen-bond donors (Lipinski definition) is 1. The SMILES string of the molecule is O=C(NC1CCCC1)c1cc(COc2ccccc2Cl)cs1. The number of amides is 1. The van der Waals surface area contributed by atoms with Gasteiger partial charge in [0.1, 0.15) is 12.4 Å². The lowest BCUT2D eigenvalue weighted by Crippen LogP contribution is -2.31. The van der Waals surface area contributed by atoms with Gasteiger partial charge >= 0.3 is 0 Å². The van der Waals surface area contributed by atoms with Gasteiger partial charge in [-0.3, -0.25) is 4.79 Å². The van der Waals surface area contributed by atoms with Crippen molar-refractivity contribution in [3.8, 4) is 5.75 Å². The van der Waals surface area contributed by atoms with E-state index in [1.807, 2.05) is 29.6 Å². The molecule has 1 fully saturated rings. The van der Waals surface area contributed by atoms with Gasteiger partial charge in [0.2, 0.25) is 0 Å². The predicted molar refractivity (Wildman–Crippen MR) is 89.8 cm³/mol. The fourth-order valence-corrected chi connectivity index (χ4v) is 3.61. The molecule has 3 rings (SSSR count). The van der Waals surface area contributed by atoms with E-state index in [0.717, 1.165) is 23.3 Å². The molecule has 1 aromatic carbocycles. The fourth-order valence-electron chi connectivity index (χ4n) is 2.62. The van der Waals surface area contributed by atoms with Gasteiger partial charge in [-0.1, -0.05) is 36.6 Å². The summed E-state index contributed by atoms with van der Waals surface area (Å²) in [6.45, 7) is 0.414. The number of carbonyl (C=O) groups is 1. The summed E-state index contributed by atoms with van der Waals surface area (Å²) in [5.74, 6) is 0.688. The molecule has 1 aromatic heterocycles. The molecule has 0 radical (unpaired) electrons. The number of rotatable bonds is 5. The molecule has 116 valence electrons. The second-order valence-electron chi connectivity index (χ2n) is 5.49. The number of hydrogen-bond acceptors (Lipinski definition) is 3. The van der Waals surface area contributed by atoms with E-state index in [9.17, 15) is 4.79 Å². The number of halogens is 1. The number of para-hydroxylation sites is 1. The smallest absolute Gasteiger partial charge is 0.261 e. The topological polar surface area (TPSA) is 38.3 Å². The summed E-state index contributed by atoms with van der Waals surface area (Å²) >= 11 is 7.51. The Kier molecular flexibility index (Phi) is 5.01.